The van der Waals surface area contributed by atoms with Crippen molar-refractivity contribution >= 4 is 45.9 Å². The highest BCUT2D eigenvalue weighted by Crippen LogP contribution is 2.44. The minimum absolute atomic E-state index is 0.0311. The molecule has 0 saturated heterocycles. The van der Waals surface area contributed by atoms with Gasteiger partial charge in [0.05, 0.1) is 0 Å². The van der Waals surface area contributed by atoms with Crippen molar-refractivity contribution in [2.24, 2.45) is 0 Å². The lowest BCUT2D eigenvalue weighted by Gasteiger charge is -2.16. The minimum atomic E-state index is -0.646. The van der Waals surface area contributed by atoms with Gasteiger partial charge in [0.1, 0.15) is 24.0 Å². The van der Waals surface area contributed by atoms with Crippen molar-refractivity contribution in [3.63, 3.8) is 0 Å². The van der Waals surface area contributed by atoms with E-state index in [4.69, 9.17) is 27.9 Å². The molecule has 0 aliphatic heterocycles. The number of unbranched alkanes of at least 4 members (excludes halogenated alkanes) is 1. The molecule has 0 aromatic heterocycles. The van der Waals surface area contributed by atoms with Gasteiger partial charge >= 0.3 is 0 Å². The third-order valence-corrected chi connectivity index (χ3v) is 6.67. The van der Waals surface area contributed by atoms with E-state index in [1.807, 2.05) is 30.3 Å². The first-order chi connectivity index (χ1) is 17.4. The molecule has 0 saturated carbocycles. The van der Waals surface area contributed by atoms with Crippen LogP contribution >= 0.6 is 23.2 Å². The summed E-state index contributed by atoms with van der Waals surface area (Å²) in [5.74, 6) is -0.170. The van der Waals surface area contributed by atoms with Gasteiger partial charge in [-0.2, -0.15) is 0 Å². The summed E-state index contributed by atoms with van der Waals surface area (Å²) < 4.78 is 33.4. The molecule has 0 heterocycles. The normalized spacial score (nSPS) is 13.2. The van der Waals surface area contributed by atoms with Crippen LogP contribution in [0.25, 0.3) is 11.1 Å². The molecule has 0 radical (unpaired) electrons. The standard InChI is InChI=1S/C29H27Cl2F2NO2/c30-14-2-1-9-29(35)34-23-6-3-5-19(15-23)24-7-4-8-25(24)26-16-21(31)11-13-28(26)36-18-20-10-12-22(32)17-27(20)33/h3,5-6,10-13,15-17H,1-2,4,7-9,14,18H2,(H,34,35). The van der Waals surface area contributed by atoms with Crippen LogP contribution in [-0.2, 0) is 11.4 Å². The van der Waals surface area contributed by atoms with Crippen LogP contribution in [-0.4, -0.2) is 11.8 Å². The summed E-state index contributed by atoms with van der Waals surface area (Å²) in [7, 11) is 0. The predicted octanol–water partition coefficient (Wildman–Crippen LogP) is 8.64. The smallest absolute Gasteiger partial charge is 0.224 e. The highest BCUT2D eigenvalue weighted by atomic mass is 35.5. The Balaban J connectivity index is 1.59. The Kier molecular flexibility index (Phi) is 9.00. The second-order valence-corrected chi connectivity index (χ2v) is 9.57. The van der Waals surface area contributed by atoms with Crippen molar-refractivity contribution in [1.82, 2.24) is 0 Å². The lowest BCUT2D eigenvalue weighted by Crippen LogP contribution is -2.11. The molecular formula is C29H27Cl2F2NO2. The third-order valence-electron chi connectivity index (χ3n) is 6.17. The largest absolute Gasteiger partial charge is 0.488 e. The molecule has 0 atom stereocenters. The van der Waals surface area contributed by atoms with Crippen LogP contribution in [0.5, 0.6) is 5.75 Å². The van der Waals surface area contributed by atoms with Crippen molar-refractivity contribution in [2.45, 2.75) is 45.1 Å². The van der Waals surface area contributed by atoms with Crippen molar-refractivity contribution in [1.29, 1.82) is 0 Å². The number of hydrogen-bond acceptors (Lipinski definition) is 2. The van der Waals surface area contributed by atoms with Gasteiger partial charge in [-0.3, -0.25) is 4.79 Å². The van der Waals surface area contributed by atoms with E-state index < -0.39 is 11.6 Å². The van der Waals surface area contributed by atoms with E-state index in [0.29, 0.717) is 23.1 Å². The Hall–Kier alpha value is -2.89. The molecule has 0 unspecified atom stereocenters. The molecule has 1 aliphatic carbocycles. The molecule has 3 aromatic carbocycles. The van der Waals surface area contributed by atoms with Crippen molar-refractivity contribution in [3.05, 3.63) is 94.0 Å². The fraction of sp³-hybridized carbons (Fsp3) is 0.276. The first-order valence-corrected chi connectivity index (χ1v) is 12.9. The predicted molar refractivity (Wildman–Crippen MR) is 142 cm³/mol. The molecule has 36 heavy (non-hydrogen) atoms. The molecule has 188 valence electrons. The summed E-state index contributed by atoms with van der Waals surface area (Å²) in [4.78, 5) is 12.3. The number of anilines is 1. The van der Waals surface area contributed by atoms with E-state index in [1.54, 1.807) is 12.1 Å². The van der Waals surface area contributed by atoms with Gasteiger partial charge < -0.3 is 10.1 Å². The summed E-state index contributed by atoms with van der Waals surface area (Å²) in [6.07, 6.45) is 4.68. The van der Waals surface area contributed by atoms with Crippen LogP contribution in [0.2, 0.25) is 5.02 Å². The molecule has 1 amide bonds. The van der Waals surface area contributed by atoms with Gasteiger partial charge in [0.15, 0.2) is 0 Å². The van der Waals surface area contributed by atoms with Gasteiger partial charge in [0.2, 0.25) is 5.91 Å². The van der Waals surface area contributed by atoms with E-state index in [0.717, 1.165) is 66.1 Å². The maximum atomic E-state index is 14.1. The van der Waals surface area contributed by atoms with Crippen LogP contribution in [0.15, 0.2) is 60.7 Å². The number of amides is 1. The van der Waals surface area contributed by atoms with Crippen molar-refractivity contribution < 1.29 is 18.3 Å². The zero-order valence-corrected chi connectivity index (χ0v) is 21.3. The van der Waals surface area contributed by atoms with Crippen LogP contribution < -0.4 is 10.1 Å². The first kappa shape index (κ1) is 26.2. The number of allylic oxidation sites excluding steroid dienone is 2. The molecule has 1 N–H and O–H groups in total. The lowest BCUT2D eigenvalue weighted by atomic mass is 9.96. The molecule has 3 nitrogen and oxygen atoms in total. The highest BCUT2D eigenvalue weighted by Gasteiger charge is 2.21. The van der Waals surface area contributed by atoms with Crippen molar-refractivity contribution in [3.8, 4) is 5.75 Å². The number of hydrogen-bond donors (Lipinski definition) is 1. The highest BCUT2D eigenvalue weighted by molar-refractivity contribution is 6.30. The zero-order chi connectivity index (χ0) is 25.5. The summed E-state index contributed by atoms with van der Waals surface area (Å²) in [5.41, 5.74) is 5.17. The number of rotatable bonds is 10. The van der Waals surface area contributed by atoms with Crippen LogP contribution in [0.1, 0.15) is 55.2 Å². The lowest BCUT2D eigenvalue weighted by molar-refractivity contribution is -0.116. The van der Waals surface area contributed by atoms with Gasteiger partial charge in [-0.15, -0.1) is 11.6 Å². The fourth-order valence-electron chi connectivity index (χ4n) is 4.41. The molecule has 4 rings (SSSR count). The first-order valence-electron chi connectivity index (χ1n) is 12.0. The molecule has 7 heteroatoms. The SMILES string of the molecule is O=C(CCCCCl)Nc1cccc(C2=C(c3cc(Cl)ccc3OCc3ccc(F)cc3F)CCC2)c1. The third kappa shape index (κ3) is 6.65. The number of benzene rings is 3. The molecule has 0 fully saturated rings. The average Bonchev–Trinajstić information content (AvgIpc) is 3.34. The number of ether oxygens (including phenoxy) is 1. The second kappa shape index (κ2) is 12.4. The van der Waals surface area contributed by atoms with E-state index in [-0.39, 0.29) is 18.1 Å². The maximum absolute atomic E-state index is 14.1. The monoisotopic (exact) mass is 529 g/mol. The van der Waals surface area contributed by atoms with Gasteiger partial charge in [0.25, 0.3) is 0 Å². The molecule has 1 aliphatic rings. The van der Waals surface area contributed by atoms with Gasteiger partial charge in [0, 0.05) is 40.2 Å². The van der Waals surface area contributed by atoms with Gasteiger partial charge in [-0.1, -0.05) is 23.7 Å². The van der Waals surface area contributed by atoms with E-state index in [1.165, 1.54) is 12.1 Å². The van der Waals surface area contributed by atoms with E-state index >= 15 is 0 Å². The van der Waals surface area contributed by atoms with Crippen LogP contribution in [0.3, 0.4) is 0 Å². The van der Waals surface area contributed by atoms with Crippen LogP contribution in [0, 0.1) is 11.6 Å². The Bertz CT molecular complexity index is 1280. The van der Waals surface area contributed by atoms with Crippen molar-refractivity contribution in [2.75, 3.05) is 11.2 Å². The fourth-order valence-corrected chi connectivity index (χ4v) is 4.77. The molecule has 0 bridgehead atoms. The number of carbonyl (C=O) groups excluding carboxylic acids is 1. The number of nitrogens with one attached hydrogen (secondary N) is 1. The van der Waals surface area contributed by atoms with E-state index in [2.05, 4.69) is 5.32 Å². The Morgan fingerprint density at radius 3 is 2.61 bits per heavy atom. The van der Waals surface area contributed by atoms with Gasteiger partial charge in [-0.25, -0.2) is 8.78 Å². The maximum Gasteiger partial charge on any atom is 0.224 e. The second-order valence-electron chi connectivity index (χ2n) is 8.75. The molecule has 3 aromatic rings. The van der Waals surface area contributed by atoms with E-state index in [9.17, 15) is 13.6 Å². The van der Waals surface area contributed by atoms with Gasteiger partial charge in [-0.05, 0) is 91.3 Å². The van der Waals surface area contributed by atoms with Crippen LogP contribution in [0.4, 0.5) is 14.5 Å². The summed E-state index contributed by atoms with van der Waals surface area (Å²) >= 11 is 12.1. The molecule has 0 spiro atoms. The Labute approximate surface area is 220 Å². The number of alkyl halides is 1. The quantitative estimate of drug-likeness (QED) is 0.211. The summed E-state index contributed by atoms with van der Waals surface area (Å²) in [6.45, 7) is -0.0331. The number of carbonyl (C=O) groups is 1. The number of halogens is 4. The summed E-state index contributed by atoms with van der Waals surface area (Å²) in [6, 6.07) is 16.6. The zero-order valence-electron chi connectivity index (χ0n) is 19.8. The summed E-state index contributed by atoms with van der Waals surface area (Å²) in [5, 5.41) is 3.55. The Morgan fingerprint density at radius 2 is 1.81 bits per heavy atom. The molecular weight excluding hydrogens is 503 g/mol. The average molecular weight is 530 g/mol. The minimum Gasteiger partial charge on any atom is -0.488 e. The Morgan fingerprint density at radius 1 is 0.972 bits per heavy atom. The topological polar surface area (TPSA) is 38.3 Å².